The van der Waals surface area contributed by atoms with E-state index in [-0.39, 0.29) is 12.3 Å². The number of aromatic nitrogens is 4. The molecular formula is C23H23N5O3S. The van der Waals surface area contributed by atoms with Crippen LogP contribution in [0.2, 0.25) is 0 Å². The number of anilines is 1. The lowest BCUT2D eigenvalue weighted by molar-refractivity contribution is -0.116. The van der Waals surface area contributed by atoms with Crippen LogP contribution >= 0.6 is 11.8 Å². The molecule has 0 aliphatic rings. The molecule has 0 saturated carbocycles. The van der Waals surface area contributed by atoms with Crippen molar-refractivity contribution in [2.75, 3.05) is 5.32 Å². The Morgan fingerprint density at radius 3 is 2.62 bits per heavy atom. The maximum atomic E-state index is 12.3. The van der Waals surface area contributed by atoms with Crippen molar-refractivity contribution in [1.29, 1.82) is 0 Å². The normalized spacial score (nSPS) is 11.0. The largest absolute Gasteiger partial charge is 0.411 e. The molecule has 32 heavy (non-hydrogen) atoms. The Kier molecular flexibility index (Phi) is 6.65. The highest BCUT2D eigenvalue weighted by Gasteiger charge is 2.13. The molecule has 0 radical (unpaired) electrons. The molecule has 164 valence electrons. The van der Waals surface area contributed by atoms with E-state index in [1.165, 1.54) is 17.3 Å². The molecule has 0 aliphatic carbocycles. The number of carbonyl (C=O) groups excluding carboxylic acids is 1. The van der Waals surface area contributed by atoms with Crippen LogP contribution in [0.3, 0.4) is 0 Å². The number of amides is 1. The second-order valence-corrected chi connectivity index (χ2v) is 8.43. The van der Waals surface area contributed by atoms with E-state index < -0.39 is 0 Å². The average Bonchev–Trinajstić information content (AvgIpc) is 3.43. The third-order valence-corrected chi connectivity index (χ3v) is 5.59. The fourth-order valence-electron chi connectivity index (χ4n) is 2.96. The van der Waals surface area contributed by atoms with Crippen molar-refractivity contribution >= 4 is 23.4 Å². The van der Waals surface area contributed by atoms with Gasteiger partial charge in [-0.2, -0.15) is 4.98 Å². The van der Waals surface area contributed by atoms with Gasteiger partial charge in [-0.15, -0.1) is 10.2 Å². The maximum Gasteiger partial charge on any atom is 0.277 e. The highest BCUT2D eigenvalue weighted by atomic mass is 32.2. The zero-order valence-corrected chi connectivity index (χ0v) is 18.9. The standard InChI is InChI=1S/C23H23N5O3S/c1-14-5-8-17(9-6-14)22-26-27-23(30-22)32-13-19-25-21(31-28-19)11-10-20(29)24-18-12-15(2)4-7-16(18)3/h4-9,12H,10-11,13H2,1-3H3,(H,24,29). The second-order valence-electron chi connectivity index (χ2n) is 7.50. The lowest BCUT2D eigenvalue weighted by atomic mass is 10.1. The van der Waals surface area contributed by atoms with Gasteiger partial charge in [0, 0.05) is 24.1 Å². The Balaban J connectivity index is 1.26. The van der Waals surface area contributed by atoms with Crippen LogP contribution in [0.15, 0.2) is 56.6 Å². The van der Waals surface area contributed by atoms with Gasteiger partial charge in [0.15, 0.2) is 5.82 Å². The summed E-state index contributed by atoms with van der Waals surface area (Å²) in [7, 11) is 0. The SMILES string of the molecule is Cc1ccc(-c2nnc(SCc3noc(CCC(=O)Nc4cc(C)ccc4C)n3)o2)cc1. The van der Waals surface area contributed by atoms with Gasteiger partial charge in [0.2, 0.25) is 17.7 Å². The van der Waals surface area contributed by atoms with Gasteiger partial charge >= 0.3 is 0 Å². The zero-order valence-electron chi connectivity index (χ0n) is 18.1. The van der Waals surface area contributed by atoms with E-state index in [2.05, 4.69) is 25.7 Å². The first-order valence-corrected chi connectivity index (χ1v) is 11.2. The summed E-state index contributed by atoms with van der Waals surface area (Å²) in [5, 5.41) is 15.5. The predicted octanol–water partition coefficient (Wildman–Crippen LogP) is 4.91. The van der Waals surface area contributed by atoms with Gasteiger partial charge in [-0.25, -0.2) is 0 Å². The van der Waals surface area contributed by atoms with E-state index >= 15 is 0 Å². The van der Waals surface area contributed by atoms with Gasteiger partial charge in [-0.3, -0.25) is 4.79 Å². The van der Waals surface area contributed by atoms with Gasteiger partial charge in [0.1, 0.15) is 0 Å². The summed E-state index contributed by atoms with van der Waals surface area (Å²) in [5.74, 6) is 1.73. The molecule has 1 amide bonds. The minimum atomic E-state index is -0.0951. The third-order valence-electron chi connectivity index (χ3n) is 4.77. The molecule has 4 rings (SSSR count). The third kappa shape index (κ3) is 5.61. The Hall–Kier alpha value is -3.46. The van der Waals surface area contributed by atoms with Gasteiger partial charge in [0.25, 0.3) is 5.22 Å². The van der Waals surface area contributed by atoms with Crippen LogP contribution in [0.4, 0.5) is 5.69 Å². The predicted molar refractivity (Wildman–Crippen MR) is 121 cm³/mol. The highest BCUT2D eigenvalue weighted by molar-refractivity contribution is 7.98. The molecule has 0 saturated heterocycles. The molecule has 4 aromatic rings. The molecule has 0 spiro atoms. The molecule has 0 fully saturated rings. The number of rotatable bonds is 8. The van der Waals surface area contributed by atoms with Gasteiger partial charge in [0.05, 0.1) is 5.75 Å². The monoisotopic (exact) mass is 449 g/mol. The number of nitrogens with one attached hydrogen (secondary N) is 1. The van der Waals surface area contributed by atoms with E-state index in [4.69, 9.17) is 8.94 Å². The number of thioether (sulfide) groups is 1. The number of aryl methyl sites for hydroxylation is 4. The lowest BCUT2D eigenvalue weighted by Crippen LogP contribution is -2.13. The number of carbonyl (C=O) groups is 1. The van der Waals surface area contributed by atoms with Crippen LogP contribution in [0.25, 0.3) is 11.5 Å². The Labute approximate surface area is 189 Å². The van der Waals surface area contributed by atoms with E-state index in [0.717, 1.165) is 22.4 Å². The van der Waals surface area contributed by atoms with E-state index in [1.807, 2.05) is 63.2 Å². The number of hydrogen-bond donors (Lipinski definition) is 1. The summed E-state index contributed by atoms with van der Waals surface area (Å²) in [4.78, 5) is 16.6. The Bertz CT molecular complexity index is 1220. The molecule has 2 heterocycles. The summed E-state index contributed by atoms with van der Waals surface area (Å²) >= 11 is 1.33. The Morgan fingerprint density at radius 1 is 1.03 bits per heavy atom. The number of benzene rings is 2. The van der Waals surface area contributed by atoms with Crippen molar-refractivity contribution in [2.24, 2.45) is 0 Å². The summed E-state index contributed by atoms with van der Waals surface area (Å²) in [6.07, 6.45) is 0.623. The molecule has 9 heteroatoms. The van der Waals surface area contributed by atoms with Crippen molar-refractivity contribution in [3.63, 3.8) is 0 Å². The molecule has 0 aliphatic heterocycles. The minimum absolute atomic E-state index is 0.0951. The first kappa shape index (κ1) is 21.8. The van der Waals surface area contributed by atoms with E-state index in [0.29, 0.717) is 35.0 Å². The van der Waals surface area contributed by atoms with Crippen LogP contribution in [-0.2, 0) is 17.0 Å². The van der Waals surface area contributed by atoms with E-state index in [9.17, 15) is 4.79 Å². The van der Waals surface area contributed by atoms with Crippen LogP contribution in [0, 0.1) is 20.8 Å². The fourth-order valence-corrected chi connectivity index (χ4v) is 3.57. The molecule has 0 unspecified atom stereocenters. The number of nitrogens with zero attached hydrogens (tertiary/aromatic N) is 4. The molecule has 2 aromatic carbocycles. The fraction of sp³-hybridized carbons (Fsp3) is 0.261. The van der Waals surface area contributed by atoms with Gasteiger partial charge in [-0.05, 0) is 50.1 Å². The van der Waals surface area contributed by atoms with Gasteiger partial charge in [-0.1, -0.05) is 46.7 Å². The Morgan fingerprint density at radius 2 is 1.81 bits per heavy atom. The number of hydrogen-bond acceptors (Lipinski definition) is 8. The molecule has 1 N–H and O–H groups in total. The van der Waals surface area contributed by atoms with Crippen molar-refractivity contribution in [3.05, 3.63) is 70.9 Å². The maximum absolute atomic E-state index is 12.3. The van der Waals surface area contributed by atoms with Gasteiger partial charge < -0.3 is 14.3 Å². The van der Waals surface area contributed by atoms with Crippen LogP contribution in [-0.4, -0.2) is 26.2 Å². The van der Waals surface area contributed by atoms with Crippen molar-refractivity contribution in [1.82, 2.24) is 20.3 Å². The lowest BCUT2D eigenvalue weighted by Gasteiger charge is -2.08. The molecule has 8 nitrogen and oxygen atoms in total. The van der Waals surface area contributed by atoms with E-state index in [1.54, 1.807) is 0 Å². The molecule has 0 atom stereocenters. The van der Waals surface area contributed by atoms with Crippen LogP contribution in [0.1, 0.15) is 34.8 Å². The average molecular weight is 450 g/mol. The smallest absolute Gasteiger partial charge is 0.277 e. The first-order chi connectivity index (χ1) is 15.5. The first-order valence-electron chi connectivity index (χ1n) is 10.2. The highest BCUT2D eigenvalue weighted by Crippen LogP contribution is 2.25. The van der Waals surface area contributed by atoms with Crippen molar-refractivity contribution < 1.29 is 13.7 Å². The molecule has 0 bridgehead atoms. The van der Waals surface area contributed by atoms with Crippen molar-refractivity contribution in [2.45, 2.75) is 44.6 Å². The summed E-state index contributed by atoms with van der Waals surface area (Å²) < 4.78 is 11.0. The summed E-state index contributed by atoms with van der Waals surface area (Å²) in [5.41, 5.74) is 4.97. The topological polar surface area (TPSA) is 107 Å². The van der Waals surface area contributed by atoms with Crippen LogP contribution < -0.4 is 5.32 Å². The van der Waals surface area contributed by atoms with Crippen LogP contribution in [0.5, 0.6) is 0 Å². The molecule has 2 aromatic heterocycles. The zero-order chi connectivity index (χ0) is 22.5. The summed E-state index contributed by atoms with van der Waals surface area (Å²) in [6.45, 7) is 5.98. The minimum Gasteiger partial charge on any atom is -0.411 e. The van der Waals surface area contributed by atoms with Crippen molar-refractivity contribution in [3.8, 4) is 11.5 Å². The molecular weight excluding hydrogens is 426 g/mol. The quantitative estimate of drug-likeness (QED) is 0.378. The summed E-state index contributed by atoms with van der Waals surface area (Å²) in [6, 6.07) is 13.8. The second kappa shape index (κ2) is 9.78.